The van der Waals surface area contributed by atoms with Crippen LogP contribution in [0.25, 0.3) is 0 Å². The van der Waals surface area contributed by atoms with Gasteiger partial charge in [0.2, 0.25) is 0 Å². The predicted octanol–water partition coefficient (Wildman–Crippen LogP) is 4.24. The molecule has 2 aromatic rings. The summed E-state index contributed by atoms with van der Waals surface area (Å²) in [6.45, 7) is -1.41. The number of fused-ring (bicyclic) bond motifs is 1. The number of benzene rings is 2. The number of hydrogen-bond donors (Lipinski definition) is 1. The van der Waals surface area contributed by atoms with Gasteiger partial charge in [-0.05, 0) is 36.6 Å². The lowest BCUT2D eigenvalue weighted by Gasteiger charge is -2.32. The zero-order valence-corrected chi connectivity index (χ0v) is 13.4. The van der Waals surface area contributed by atoms with E-state index >= 15 is 0 Å². The zero-order chi connectivity index (χ0) is 15.5. The molecule has 124 valence electrons. The van der Waals surface area contributed by atoms with Gasteiger partial charge < -0.3 is 15.4 Å². The molecule has 0 amide bonds. The van der Waals surface area contributed by atoms with Crippen LogP contribution in [0.4, 0.5) is 20.2 Å². The number of nitrogens with two attached hydrogens (primary N) is 1. The van der Waals surface area contributed by atoms with E-state index in [4.69, 9.17) is 5.73 Å². The summed E-state index contributed by atoms with van der Waals surface area (Å²) in [5.74, 6) is 0.230. The van der Waals surface area contributed by atoms with Gasteiger partial charge in [-0.15, -0.1) is 12.4 Å². The summed E-state index contributed by atoms with van der Waals surface area (Å²) in [5.41, 5.74) is 9.80. The molecule has 0 aliphatic carbocycles. The molecule has 0 fully saturated rings. The van der Waals surface area contributed by atoms with Crippen LogP contribution in [0.3, 0.4) is 0 Å². The standard InChI is InChI=1S/C17H18F2N2O.ClH/c18-17(19)22-16-9-2-1-5-12(16)11-21-10-4-6-13-14(20)7-3-8-15(13)21;/h1-3,5,7-9,17H,4,6,10-11,20H2;1H. The van der Waals surface area contributed by atoms with Crippen LogP contribution in [0.2, 0.25) is 0 Å². The fourth-order valence-electron chi connectivity index (χ4n) is 2.94. The monoisotopic (exact) mass is 340 g/mol. The fourth-order valence-corrected chi connectivity index (χ4v) is 2.94. The molecule has 0 saturated heterocycles. The van der Waals surface area contributed by atoms with Crippen molar-refractivity contribution in [3.63, 3.8) is 0 Å². The Morgan fingerprint density at radius 3 is 2.70 bits per heavy atom. The van der Waals surface area contributed by atoms with Gasteiger partial charge in [-0.1, -0.05) is 24.3 Å². The summed E-state index contributed by atoms with van der Waals surface area (Å²) in [6.07, 6.45) is 1.95. The van der Waals surface area contributed by atoms with Gasteiger partial charge in [0.25, 0.3) is 0 Å². The quantitative estimate of drug-likeness (QED) is 0.846. The number of para-hydroxylation sites is 1. The highest BCUT2D eigenvalue weighted by Crippen LogP contribution is 2.33. The second kappa shape index (κ2) is 7.51. The van der Waals surface area contributed by atoms with E-state index < -0.39 is 6.61 Å². The summed E-state index contributed by atoms with van der Waals surface area (Å²) in [6, 6.07) is 12.8. The topological polar surface area (TPSA) is 38.5 Å². The molecule has 1 aliphatic heterocycles. The summed E-state index contributed by atoms with van der Waals surface area (Å²) in [5, 5.41) is 0. The Balaban J connectivity index is 0.00000192. The highest BCUT2D eigenvalue weighted by Gasteiger charge is 2.20. The molecule has 0 spiro atoms. The average molecular weight is 341 g/mol. The van der Waals surface area contributed by atoms with Crippen LogP contribution in [0.5, 0.6) is 5.75 Å². The van der Waals surface area contributed by atoms with Crippen molar-refractivity contribution in [3.8, 4) is 5.75 Å². The first-order valence-electron chi connectivity index (χ1n) is 7.30. The zero-order valence-electron chi connectivity index (χ0n) is 12.5. The second-order valence-corrected chi connectivity index (χ2v) is 5.36. The van der Waals surface area contributed by atoms with Crippen molar-refractivity contribution in [1.82, 2.24) is 0 Å². The average Bonchev–Trinajstić information content (AvgIpc) is 2.50. The maximum absolute atomic E-state index is 12.5. The van der Waals surface area contributed by atoms with E-state index in [1.807, 2.05) is 30.3 Å². The number of ether oxygens (including phenoxy) is 1. The van der Waals surface area contributed by atoms with Crippen molar-refractivity contribution < 1.29 is 13.5 Å². The molecule has 0 atom stereocenters. The van der Waals surface area contributed by atoms with Gasteiger partial charge in [0.1, 0.15) is 5.75 Å². The molecule has 2 aromatic carbocycles. The highest BCUT2D eigenvalue weighted by molar-refractivity contribution is 5.85. The van der Waals surface area contributed by atoms with Crippen molar-refractivity contribution in [2.75, 3.05) is 17.2 Å². The third-order valence-electron chi connectivity index (χ3n) is 3.93. The van der Waals surface area contributed by atoms with Crippen LogP contribution >= 0.6 is 12.4 Å². The second-order valence-electron chi connectivity index (χ2n) is 5.36. The van der Waals surface area contributed by atoms with Crippen molar-refractivity contribution in [3.05, 3.63) is 53.6 Å². The van der Waals surface area contributed by atoms with E-state index in [9.17, 15) is 8.78 Å². The van der Waals surface area contributed by atoms with Crippen LogP contribution in [0.15, 0.2) is 42.5 Å². The van der Waals surface area contributed by atoms with E-state index in [1.165, 1.54) is 0 Å². The summed E-state index contributed by atoms with van der Waals surface area (Å²) in [4.78, 5) is 2.17. The van der Waals surface area contributed by atoms with Gasteiger partial charge in [0, 0.05) is 30.0 Å². The van der Waals surface area contributed by atoms with E-state index in [0.29, 0.717) is 6.54 Å². The Morgan fingerprint density at radius 2 is 1.91 bits per heavy atom. The molecular formula is C17H19ClF2N2O. The molecular weight excluding hydrogens is 322 g/mol. The Kier molecular flexibility index (Phi) is 5.66. The minimum absolute atomic E-state index is 0. The SMILES string of the molecule is Cl.Nc1cccc2c1CCCN2Cc1ccccc1OC(F)F. The number of nitrogen functional groups attached to an aromatic ring is 1. The molecule has 6 heteroatoms. The lowest BCUT2D eigenvalue weighted by atomic mass is 9.99. The largest absolute Gasteiger partial charge is 0.434 e. The van der Waals surface area contributed by atoms with Crippen LogP contribution in [0, 0.1) is 0 Å². The Hall–Kier alpha value is -2.01. The van der Waals surface area contributed by atoms with Crippen molar-refractivity contribution in [2.45, 2.75) is 26.0 Å². The highest BCUT2D eigenvalue weighted by atomic mass is 35.5. The van der Waals surface area contributed by atoms with Crippen LogP contribution < -0.4 is 15.4 Å². The maximum Gasteiger partial charge on any atom is 0.387 e. The van der Waals surface area contributed by atoms with Gasteiger partial charge >= 0.3 is 6.61 Å². The maximum atomic E-state index is 12.5. The van der Waals surface area contributed by atoms with Crippen LogP contribution in [-0.4, -0.2) is 13.2 Å². The Morgan fingerprint density at radius 1 is 1.13 bits per heavy atom. The molecule has 3 rings (SSSR count). The minimum atomic E-state index is -2.81. The van der Waals surface area contributed by atoms with Gasteiger partial charge in [-0.2, -0.15) is 8.78 Å². The molecule has 0 unspecified atom stereocenters. The van der Waals surface area contributed by atoms with Gasteiger partial charge in [-0.3, -0.25) is 0 Å². The van der Waals surface area contributed by atoms with E-state index in [2.05, 4.69) is 9.64 Å². The predicted molar refractivity (Wildman–Crippen MR) is 90.5 cm³/mol. The molecule has 1 aliphatic rings. The minimum Gasteiger partial charge on any atom is -0.434 e. The normalized spacial score (nSPS) is 13.4. The lowest BCUT2D eigenvalue weighted by molar-refractivity contribution is -0.0504. The van der Waals surface area contributed by atoms with Crippen molar-refractivity contribution in [1.29, 1.82) is 0 Å². The molecule has 1 heterocycles. The van der Waals surface area contributed by atoms with Crippen molar-refractivity contribution in [2.24, 2.45) is 0 Å². The lowest BCUT2D eigenvalue weighted by Crippen LogP contribution is -2.29. The number of halogens is 3. The van der Waals surface area contributed by atoms with Crippen LogP contribution in [0.1, 0.15) is 17.5 Å². The molecule has 0 aromatic heterocycles. The van der Waals surface area contributed by atoms with Crippen LogP contribution in [-0.2, 0) is 13.0 Å². The third kappa shape index (κ3) is 3.85. The van der Waals surface area contributed by atoms with Crippen molar-refractivity contribution >= 4 is 23.8 Å². The summed E-state index contributed by atoms with van der Waals surface area (Å²) >= 11 is 0. The first kappa shape index (κ1) is 17.3. The fraction of sp³-hybridized carbons (Fsp3) is 0.294. The first-order chi connectivity index (χ1) is 10.6. The Bertz CT molecular complexity index is 667. The number of anilines is 2. The Labute approximate surface area is 140 Å². The molecule has 2 N–H and O–H groups in total. The van der Waals surface area contributed by atoms with Gasteiger partial charge in [-0.25, -0.2) is 0 Å². The summed E-state index contributed by atoms with van der Waals surface area (Å²) < 4.78 is 29.7. The van der Waals surface area contributed by atoms with Gasteiger partial charge in [0.05, 0.1) is 0 Å². The molecule has 0 bridgehead atoms. The molecule has 0 radical (unpaired) electrons. The molecule has 0 saturated carbocycles. The smallest absolute Gasteiger partial charge is 0.387 e. The third-order valence-corrected chi connectivity index (χ3v) is 3.93. The summed E-state index contributed by atoms with van der Waals surface area (Å²) in [7, 11) is 0. The number of alkyl halides is 2. The number of rotatable bonds is 4. The van der Waals surface area contributed by atoms with Gasteiger partial charge in [0.15, 0.2) is 0 Å². The van der Waals surface area contributed by atoms with E-state index in [0.717, 1.165) is 41.9 Å². The number of hydrogen-bond acceptors (Lipinski definition) is 3. The molecule has 3 nitrogen and oxygen atoms in total. The number of nitrogens with zero attached hydrogens (tertiary/aromatic N) is 1. The molecule has 23 heavy (non-hydrogen) atoms. The van der Waals surface area contributed by atoms with E-state index in [1.54, 1.807) is 12.1 Å². The van der Waals surface area contributed by atoms with E-state index in [-0.39, 0.29) is 18.2 Å². The first-order valence-corrected chi connectivity index (χ1v) is 7.30.